The third-order valence-electron chi connectivity index (χ3n) is 5.28. The third-order valence-corrected chi connectivity index (χ3v) is 5.28. The maximum atomic E-state index is 13.1. The molecule has 0 radical (unpaired) electrons. The van der Waals surface area contributed by atoms with Gasteiger partial charge in [-0.15, -0.1) is 0 Å². The van der Waals surface area contributed by atoms with Crippen LogP contribution in [-0.4, -0.2) is 53.6 Å². The van der Waals surface area contributed by atoms with E-state index >= 15 is 0 Å². The number of hydrogen-bond donors (Lipinski definition) is 0. The SMILES string of the molecule is Cc1noc(C)c1C(=O)N(CCN1CCCC1)C[C@@H]1CC=CCC1. The smallest absolute Gasteiger partial charge is 0.259 e. The Morgan fingerprint density at radius 1 is 1.33 bits per heavy atom. The van der Waals surface area contributed by atoms with Gasteiger partial charge in [-0.05, 0) is 65.0 Å². The lowest BCUT2D eigenvalue weighted by Crippen LogP contribution is -2.41. The number of carbonyl (C=O) groups is 1. The van der Waals surface area contributed by atoms with E-state index in [0.29, 0.717) is 22.9 Å². The van der Waals surface area contributed by atoms with Crippen LogP contribution in [0.4, 0.5) is 0 Å². The summed E-state index contributed by atoms with van der Waals surface area (Å²) in [5, 5.41) is 3.96. The first-order chi connectivity index (χ1) is 11.6. The van der Waals surface area contributed by atoms with E-state index < -0.39 is 0 Å². The zero-order chi connectivity index (χ0) is 16.9. The second kappa shape index (κ2) is 7.97. The third kappa shape index (κ3) is 4.07. The molecule has 5 nitrogen and oxygen atoms in total. The normalized spacial score (nSPS) is 21.3. The van der Waals surface area contributed by atoms with Crippen LogP contribution < -0.4 is 0 Å². The molecule has 1 aliphatic heterocycles. The summed E-state index contributed by atoms with van der Waals surface area (Å²) >= 11 is 0. The Kier molecular flexibility index (Phi) is 5.72. The molecule has 0 spiro atoms. The number of likely N-dealkylation sites (tertiary alicyclic amines) is 1. The first kappa shape index (κ1) is 17.2. The molecule has 0 N–H and O–H groups in total. The molecule has 3 rings (SSSR count). The van der Waals surface area contributed by atoms with Crippen molar-refractivity contribution in [3.8, 4) is 0 Å². The van der Waals surface area contributed by atoms with Gasteiger partial charge in [0.2, 0.25) is 0 Å². The fourth-order valence-corrected chi connectivity index (χ4v) is 3.82. The van der Waals surface area contributed by atoms with Crippen LogP contribution in [-0.2, 0) is 0 Å². The fourth-order valence-electron chi connectivity index (χ4n) is 3.82. The standard InChI is InChI=1S/C19H29N3O2/c1-15-18(16(2)24-20-15)19(23)22(13-12-21-10-6-7-11-21)14-17-8-4-3-5-9-17/h3-4,17H,5-14H2,1-2H3/t17-/m1/s1. The topological polar surface area (TPSA) is 49.6 Å². The summed E-state index contributed by atoms with van der Waals surface area (Å²) in [6.07, 6.45) is 10.5. The minimum Gasteiger partial charge on any atom is -0.361 e. The molecule has 0 aromatic carbocycles. The van der Waals surface area contributed by atoms with Gasteiger partial charge in [-0.25, -0.2) is 0 Å². The van der Waals surface area contributed by atoms with E-state index in [1.54, 1.807) is 0 Å². The summed E-state index contributed by atoms with van der Waals surface area (Å²) in [7, 11) is 0. The lowest BCUT2D eigenvalue weighted by molar-refractivity contribution is 0.0705. The van der Waals surface area contributed by atoms with Crippen molar-refractivity contribution in [2.45, 2.75) is 46.0 Å². The van der Waals surface area contributed by atoms with Gasteiger partial charge in [-0.3, -0.25) is 4.79 Å². The van der Waals surface area contributed by atoms with Gasteiger partial charge in [0.05, 0.1) is 5.69 Å². The maximum absolute atomic E-state index is 13.1. The molecule has 0 saturated carbocycles. The highest BCUT2D eigenvalue weighted by Gasteiger charge is 2.26. The minimum absolute atomic E-state index is 0.0833. The summed E-state index contributed by atoms with van der Waals surface area (Å²) in [5.74, 6) is 1.28. The number of aromatic nitrogens is 1. The highest BCUT2D eigenvalue weighted by molar-refractivity contribution is 5.96. The second-order valence-electron chi connectivity index (χ2n) is 7.15. The molecule has 1 aromatic rings. The molecule has 24 heavy (non-hydrogen) atoms. The maximum Gasteiger partial charge on any atom is 0.259 e. The van der Waals surface area contributed by atoms with E-state index in [2.05, 4.69) is 22.2 Å². The number of nitrogens with zero attached hydrogens (tertiary/aromatic N) is 3. The van der Waals surface area contributed by atoms with Crippen LogP contribution in [0.5, 0.6) is 0 Å². The number of rotatable bonds is 6. The molecular weight excluding hydrogens is 302 g/mol. The molecule has 2 heterocycles. The predicted octanol–water partition coefficient (Wildman–Crippen LogP) is 3.19. The first-order valence-corrected chi connectivity index (χ1v) is 9.24. The Balaban J connectivity index is 1.69. The molecule has 5 heteroatoms. The molecular formula is C19H29N3O2. The number of hydrogen-bond acceptors (Lipinski definition) is 4. The van der Waals surface area contributed by atoms with Crippen molar-refractivity contribution in [3.63, 3.8) is 0 Å². The van der Waals surface area contributed by atoms with Crippen molar-refractivity contribution < 1.29 is 9.32 Å². The molecule has 0 unspecified atom stereocenters. The number of carbonyl (C=O) groups excluding carboxylic acids is 1. The highest BCUT2D eigenvalue weighted by Crippen LogP contribution is 2.22. The van der Waals surface area contributed by atoms with E-state index in [-0.39, 0.29) is 5.91 Å². The minimum atomic E-state index is 0.0833. The molecule has 1 fully saturated rings. The van der Waals surface area contributed by atoms with Crippen molar-refractivity contribution in [1.82, 2.24) is 15.0 Å². The van der Waals surface area contributed by atoms with Crippen LogP contribution in [0.3, 0.4) is 0 Å². The molecule has 1 saturated heterocycles. The van der Waals surface area contributed by atoms with Gasteiger partial charge in [0.25, 0.3) is 5.91 Å². The Morgan fingerprint density at radius 2 is 2.12 bits per heavy atom. The molecule has 1 aromatic heterocycles. The van der Waals surface area contributed by atoms with Crippen molar-refractivity contribution in [2.24, 2.45) is 5.92 Å². The number of amides is 1. The first-order valence-electron chi connectivity index (χ1n) is 9.24. The van der Waals surface area contributed by atoms with Gasteiger partial charge in [0.15, 0.2) is 0 Å². The van der Waals surface area contributed by atoms with E-state index in [9.17, 15) is 4.79 Å². The molecule has 2 aliphatic rings. The Bertz CT molecular complexity index is 568. The zero-order valence-electron chi connectivity index (χ0n) is 15.0. The molecule has 1 aliphatic carbocycles. The van der Waals surface area contributed by atoms with Gasteiger partial charge in [0, 0.05) is 19.6 Å². The molecule has 132 valence electrons. The average Bonchev–Trinajstić information content (AvgIpc) is 3.22. The summed E-state index contributed by atoms with van der Waals surface area (Å²) in [5.41, 5.74) is 1.36. The monoisotopic (exact) mass is 331 g/mol. The molecule has 1 atom stereocenters. The lowest BCUT2D eigenvalue weighted by Gasteiger charge is -2.30. The van der Waals surface area contributed by atoms with Crippen LogP contribution in [0.2, 0.25) is 0 Å². The van der Waals surface area contributed by atoms with Crippen molar-refractivity contribution in [2.75, 3.05) is 32.7 Å². The van der Waals surface area contributed by atoms with Gasteiger partial charge in [0.1, 0.15) is 11.3 Å². The van der Waals surface area contributed by atoms with Crippen molar-refractivity contribution in [3.05, 3.63) is 29.2 Å². The van der Waals surface area contributed by atoms with E-state index in [1.165, 1.54) is 32.4 Å². The number of allylic oxidation sites excluding steroid dienone is 2. The highest BCUT2D eigenvalue weighted by atomic mass is 16.5. The summed E-state index contributed by atoms with van der Waals surface area (Å²) in [6, 6.07) is 0. The Morgan fingerprint density at radius 3 is 2.75 bits per heavy atom. The van der Waals surface area contributed by atoms with Gasteiger partial charge in [-0.1, -0.05) is 17.3 Å². The van der Waals surface area contributed by atoms with Gasteiger partial charge < -0.3 is 14.3 Å². The van der Waals surface area contributed by atoms with E-state index in [4.69, 9.17) is 4.52 Å². The Hall–Kier alpha value is -1.62. The average molecular weight is 331 g/mol. The van der Waals surface area contributed by atoms with Gasteiger partial charge in [-0.2, -0.15) is 0 Å². The van der Waals surface area contributed by atoms with Crippen LogP contribution in [0.1, 0.15) is 53.9 Å². The van der Waals surface area contributed by atoms with E-state index in [1.807, 2.05) is 18.7 Å². The fraction of sp³-hybridized carbons (Fsp3) is 0.684. The summed E-state index contributed by atoms with van der Waals surface area (Å²) < 4.78 is 5.22. The Labute approximate surface area is 144 Å². The van der Waals surface area contributed by atoms with Crippen LogP contribution in [0.25, 0.3) is 0 Å². The lowest BCUT2D eigenvalue weighted by atomic mass is 9.93. The quantitative estimate of drug-likeness (QED) is 0.751. The number of aryl methyl sites for hydroxylation is 2. The van der Waals surface area contributed by atoms with Crippen molar-refractivity contribution in [1.29, 1.82) is 0 Å². The van der Waals surface area contributed by atoms with Crippen LogP contribution in [0, 0.1) is 19.8 Å². The van der Waals surface area contributed by atoms with Crippen LogP contribution in [0.15, 0.2) is 16.7 Å². The van der Waals surface area contributed by atoms with E-state index in [0.717, 1.165) is 32.5 Å². The van der Waals surface area contributed by atoms with Gasteiger partial charge >= 0.3 is 0 Å². The second-order valence-corrected chi connectivity index (χ2v) is 7.15. The van der Waals surface area contributed by atoms with Crippen molar-refractivity contribution >= 4 is 5.91 Å². The summed E-state index contributed by atoms with van der Waals surface area (Å²) in [4.78, 5) is 17.6. The zero-order valence-corrected chi connectivity index (χ0v) is 15.0. The molecule has 1 amide bonds. The summed E-state index contributed by atoms with van der Waals surface area (Å²) in [6.45, 7) is 8.61. The largest absolute Gasteiger partial charge is 0.361 e. The van der Waals surface area contributed by atoms with Crippen LogP contribution >= 0.6 is 0 Å². The molecule has 0 bridgehead atoms. The predicted molar refractivity (Wildman–Crippen MR) is 94.0 cm³/mol.